The highest BCUT2D eigenvalue weighted by Gasteiger charge is 2.27. The van der Waals surface area contributed by atoms with Crippen LogP contribution in [0.15, 0.2) is 192 Å². The Kier molecular flexibility index (Phi) is 11.4. The molecule has 0 aliphatic carbocycles. The molecule has 9 aromatic carbocycles. The molecule has 0 bridgehead atoms. The fraction of sp³-hybridized carbons (Fsp3) is 0.219. The average molecular weight is 1030 g/mol. The van der Waals surface area contributed by atoms with Crippen molar-refractivity contribution >= 4 is 65.6 Å². The molecule has 6 nitrogen and oxygen atoms in total. The van der Waals surface area contributed by atoms with Gasteiger partial charge in [0.1, 0.15) is 11.2 Å². The fourth-order valence-corrected chi connectivity index (χ4v) is 11.5. The van der Waals surface area contributed by atoms with Crippen molar-refractivity contribution in [1.29, 1.82) is 0 Å². The zero-order chi connectivity index (χ0) is 54.9. The standard InChI is InChI=1S/C73H67N5O/c1-70(2,3)48-34-46(35-49(40-48)71(4,5)6)68-74-67(75-69(76-68)47-36-50(72(7,8)9)41-51(37-47)73(10,11)12)45-30-32-62(56(39-45)44-31-33-66-59(38-44)55-26-18-21-29-65(55)79-66)78-61-28-20-17-25-54(61)58-42-57-53-24-16-19-27-60(53)77(63(57)43-64(58)78)52-22-14-13-15-23-52/h13-43H,1-12H3. The van der Waals surface area contributed by atoms with Crippen LogP contribution in [-0.4, -0.2) is 24.1 Å². The van der Waals surface area contributed by atoms with Crippen molar-refractivity contribution in [1.82, 2.24) is 24.1 Å². The van der Waals surface area contributed by atoms with E-state index in [0.29, 0.717) is 17.5 Å². The van der Waals surface area contributed by atoms with Crippen molar-refractivity contribution in [3.05, 3.63) is 210 Å². The average Bonchev–Trinajstić information content (AvgIpc) is 4.20. The van der Waals surface area contributed by atoms with E-state index in [0.717, 1.165) is 77.7 Å². The van der Waals surface area contributed by atoms with E-state index in [9.17, 15) is 0 Å². The Morgan fingerprint density at radius 2 is 0.747 bits per heavy atom. The van der Waals surface area contributed by atoms with Crippen LogP contribution in [0.25, 0.3) is 122 Å². The smallest absolute Gasteiger partial charge is 0.164 e. The number of furan rings is 1. The number of nitrogens with zero attached hydrogens (tertiary/aromatic N) is 5. The van der Waals surface area contributed by atoms with Crippen molar-refractivity contribution in [2.45, 2.75) is 105 Å². The molecular weight excluding hydrogens is 963 g/mol. The lowest BCUT2D eigenvalue weighted by Crippen LogP contribution is -2.17. The molecule has 0 unspecified atom stereocenters. The first-order chi connectivity index (χ1) is 37.7. The Balaban J connectivity index is 1.11. The minimum Gasteiger partial charge on any atom is -0.456 e. The maximum atomic E-state index is 6.46. The highest BCUT2D eigenvalue weighted by Crippen LogP contribution is 2.44. The molecule has 0 spiro atoms. The molecule has 13 aromatic rings. The predicted octanol–water partition coefficient (Wildman–Crippen LogP) is 19.8. The van der Waals surface area contributed by atoms with Gasteiger partial charge in [0.05, 0.1) is 27.8 Å². The number of hydrogen-bond acceptors (Lipinski definition) is 4. The summed E-state index contributed by atoms with van der Waals surface area (Å²) in [6.07, 6.45) is 0. The second-order valence-corrected chi connectivity index (χ2v) is 25.9. The molecule has 0 fully saturated rings. The third kappa shape index (κ3) is 8.69. The molecule has 6 heteroatoms. The molecule has 0 radical (unpaired) electrons. The SMILES string of the molecule is CC(C)(C)c1cc(-c2nc(-c3cc(C(C)(C)C)cc(C(C)(C)C)c3)nc(-c3ccc(-n4c5ccccc5c5cc6c7ccccc7n(-c7ccccc7)c6cc54)c(-c4ccc5oc6ccccc6c5c4)c3)n2)cc(C(C)(C)C)c1. The maximum Gasteiger partial charge on any atom is 0.164 e. The molecule has 0 atom stereocenters. The minimum absolute atomic E-state index is 0.111. The summed E-state index contributed by atoms with van der Waals surface area (Å²) < 4.78 is 11.3. The van der Waals surface area contributed by atoms with Gasteiger partial charge in [-0.25, -0.2) is 15.0 Å². The summed E-state index contributed by atoms with van der Waals surface area (Å²) in [7, 11) is 0. The third-order valence-electron chi connectivity index (χ3n) is 16.1. The summed E-state index contributed by atoms with van der Waals surface area (Å²) in [5.41, 5.74) is 17.9. The van der Waals surface area contributed by atoms with Gasteiger partial charge in [-0.05, 0) is 147 Å². The molecule has 0 saturated carbocycles. The number of hydrogen-bond donors (Lipinski definition) is 0. The van der Waals surface area contributed by atoms with Crippen molar-refractivity contribution in [2.75, 3.05) is 0 Å². The highest BCUT2D eigenvalue weighted by molar-refractivity contribution is 6.19. The molecule has 0 saturated heterocycles. The van der Waals surface area contributed by atoms with Crippen molar-refractivity contribution in [2.24, 2.45) is 0 Å². The summed E-state index contributed by atoms with van der Waals surface area (Å²) in [6.45, 7) is 27.4. The van der Waals surface area contributed by atoms with Crippen molar-refractivity contribution in [3.8, 4) is 56.7 Å². The summed E-state index contributed by atoms with van der Waals surface area (Å²) in [6, 6.07) is 68.8. The van der Waals surface area contributed by atoms with Gasteiger partial charge in [0.15, 0.2) is 17.5 Å². The molecule has 4 aromatic heterocycles. The Labute approximate surface area is 463 Å². The maximum absolute atomic E-state index is 6.46. The van der Waals surface area contributed by atoms with Gasteiger partial charge in [-0.3, -0.25) is 0 Å². The van der Waals surface area contributed by atoms with Crippen LogP contribution in [0.5, 0.6) is 0 Å². The Morgan fingerprint density at radius 1 is 0.304 bits per heavy atom. The molecule has 0 aliphatic rings. The van der Waals surface area contributed by atoms with Crippen LogP contribution in [0.1, 0.15) is 105 Å². The summed E-state index contributed by atoms with van der Waals surface area (Å²) in [5.74, 6) is 1.90. The number of aromatic nitrogens is 5. The van der Waals surface area contributed by atoms with E-state index in [2.05, 4.69) is 268 Å². The van der Waals surface area contributed by atoms with Crippen LogP contribution in [-0.2, 0) is 21.7 Å². The lowest BCUT2D eigenvalue weighted by Gasteiger charge is -2.26. The largest absolute Gasteiger partial charge is 0.456 e. The van der Waals surface area contributed by atoms with E-state index in [1.165, 1.54) is 49.3 Å². The monoisotopic (exact) mass is 1030 g/mol. The molecule has 0 aliphatic heterocycles. The van der Waals surface area contributed by atoms with Crippen molar-refractivity contribution < 1.29 is 4.42 Å². The molecule has 0 amide bonds. The van der Waals surface area contributed by atoms with Gasteiger partial charge in [-0.2, -0.15) is 0 Å². The van der Waals surface area contributed by atoms with E-state index in [4.69, 9.17) is 19.4 Å². The van der Waals surface area contributed by atoms with Gasteiger partial charge in [0.25, 0.3) is 0 Å². The van der Waals surface area contributed by atoms with Gasteiger partial charge in [-0.15, -0.1) is 0 Å². The van der Waals surface area contributed by atoms with Gasteiger partial charge in [0.2, 0.25) is 0 Å². The van der Waals surface area contributed by atoms with E-state index in [1.54, 1.807) is 0 Å². The van der Waals surface area contributed by atoms with E-state index < -0.39 is 0 Å². The highest BCUT2D eigenvalue weighted by atomic mass is 16.3. The summed E-state index contributed by atoms with van der Waals surface area (Å²) in [5, 5.41) is 6.96. The first-order valence-corrected chi connectivity index (χ1v) is 27.8. The summed E-state index contributed by atoms with van der Waals surface area (Å²) >= 11 is 0. The van der Waals surface area contributed by atoms with Crippen LogP contribution < -0.4 is 0 Å². The minimum atomic E-state index is -0.111. The van der Waals surface area contributed by atoms with Crippen LogP contribution in [0.4, 0.5) is 0 Å². The molecular formula is C73H67N5O. The second-order valence-electron chi connectivity index (χ2n) is 25.9. The lowest BCUT2D eigenvalue weighted by molar-refractivity contribution is 0.568. The third-order valence-corrected chi connectivity index (χ3v) is 16.1. The van der Waals surface area contributed by atoms with Crippen molar-refractivity contribution in [3.63, 3.8) is 0 Å². The van der Waals surface area contributed by atoms with Crippen LogP contribution in [0.2, 0.25) is 0 Å². The topological polar surface area (TPSA) is 61.7 Å². The first kappa shape index (κ1) is 49.9. The zero-order valence-corrected chi connectivity index (χ0v) is 47.5. The molecule has 0 N–H and O–H groups in total. The Hall–Kier alpha value is -8.61. The van der Waals surface area contributed by atoms with E-state index in [1.807, 2.05) is 12.1 Å². The zero-order valence-electron chi connectivity index (χ0n) is 47.5. The molecule has 13 rings (SSSR count). The van der Waals surface area contributed by atoms with E-state index in [-0.39, 0.29) is 21.7 Å². The number of benzene rings is 9. The quantitative estimate of drug-likeness (QED) is 0.166. The molecule has 79 heavy (non-hydrogen) atoms. The van der Waals surface area contributed by atoms with Crippen LogP contribution in [0, 0.1) is 0 Å². The Morgan fingerprint density at radius 3 is 1.29 bits per heavy atom. The normalized spacial score (nSPS) is 12.8. The number of para-hydroxylation sites is 4. The Bertz CT molecular complexity index is 4420. The van der Waals surface area contributed by atoms with Crippen LogP contribution in [0.3, 0.4) is 0 Å². The van der Waals surface area contributed by atoms with Gasteiger partial charge in [0, 0.05) is 60.3 Å². The summed E-state index contributed by atoms with van der Waals surface area (Å²) in [4.78, 5) is 16.6. The number of rotatable bonds is 6. The molecule has 4 heterocycles. The van der Waals surface area contributed by atoms with Gasteiger partial charge in [-0.1, -0.05) is 174 Å². The fourth-order valence-electron chi connectivity index (χ4n) is 11.5. The number of fused-ring (bicyclic) bond motifs is 9. The predicted molar refractivity (Wildman–Crippen MR) is 332 cm³/mol. The molecule has 390 valence electrons. The van der Waals surface area contributed by atoms with E-state index >= 15 is 0 Å². The van der Waals surface area contributed by atoms with Gasteiger partial charge < -0.3 is 13.6 Å². The second kappa shape index (κ2) is 18.0. The first-order valence-electron chi connectivity index (χ1n) is 27.8. The van der Waals surface area contributed by atoms with Gasteiger partial charge >= 0.3 is 0 Å². The van der Waals surface area contributed by atoms with Crippen LogP contribution >= 0.6 is 0 Å². The lowest BCUT2D eigenvalue weighted by atomic mass is 9.79.